The van der Waals surface area contributed by atoms with E-state index in [0.717, 1.165) is 19.4 Å². The van der Waals surface area contributed by atoms with Crippen molar-refractivity contribution in [2.24, 2.45) is 0 Å². The fourth-order valence-electron chi connectivity index (χ4n) is 2.43. The van der Waals surface area contributed by atoms with E-state index in [1.807, 2.05) is 18.6 Å². The van der Waals surface area contributed by atoms with Crippen LogP contribution >= 0.6 is 0 Å². The maximum absolute atomic E-state index is 4.52. The number of hydrogen-bond donors (Lipinski definition) is 1. The molecule has 2 aromatic rings. The lowest BCUT2D eigenvalue weighted by Gasteiger charge is -2.26. The minimum absolute atomic E-state index is 0.342. The highest BCUT2D eigenvalue weighted by Gasteiger charge is 2.23. The monoisotopic (exact) mass is 228 g/mol. The number of aromatic nitrogens is 3. The maximum Gasteiger partial charge on any atom is 0.128 e. The summed E-state index contributed by atoms with van der Waals surface area (Å²) in [7, 11) is 0. The molecule has 0 amide bonds. The average molecular weight is 228 g/mol. The second-order valence-corrected chi connectivity index (χ2v) is 4.33. The summed E-state index contributed by atoms with van der Waals surface area (Å²) >= 11 is 0. The molecule has 0 saturated carbocycles. The Kier molecular flexibility index (Phi) is 2.55. The van der Waals surface area contributed by atoms with Crippen LogP contribution in [0.15, 0.2) is 30.7 Å². The van der Waals surface area contributed by atoms with Crippen molar-refractivity contribution in [1.82, 2.24) is 14.8 Å². The van der Waals surface area contributed by atoms with Crippen molar-refractivity contribution in [2.45, 2.75) is 25.8 Å². The molecule has 0 spiro atoms. The molecule has 0 bridgehead atoms. The summed E-state index contributed by atoms with van der Waals surface area (Å²) in [6, 6.07) is 4.50. The highest BCUT2D eigenvalue weighted by molar-refractivity contribution is 5.46. The van der Waals surface area contributed by atoms with Crippen molar-refractivity contribution < 1.29 is 0 Å². The largest absolute Gasteiger partial charge is 0.370 e. The summed E-state index contributed by atoms with van der Waals surface area (Å²) in [6.07, 6.45) is 7.76. The number of rotatable bonds is 2. The van der Waals surface area contributed by atoms with Gasteiger partial charge in [-0.3, -0.25) is 4.98 Å². The SMILES string of the molecule is CCc1cnn2c1NCCC2c1ccncc1. The first-order valence-electron chi connectivity index (χ1n) is 6.10. The molecule has 17 heavy (non-hydrogen) atoms. The summed E-state index contributed by atoms with van der Waals surface area (Å²) in [4.78, 5) is 4.07. The zero-order valence-electron chi connectivity index (χ0n) is 9.93. The lowest BCUT2D eigenvalue weighted by molar-refractivity contribution is 0.481. The highest BCUT2D eigenvalue weighted by Crippen LogP contribution is 2.30. The highest BCUT2D eigenvalue weighted by atomic mass is 15.4. The first-order valence-corrected chi connectivity index (χ1v) is 6.10. The van der Waals surface area contributed by atoms with Gasteiger partial charge in [0.15, 0.2) is 0 Å². The van der Waals surface area contributed by atoms with Gasteiger partial charge in [0, 0.05) is 24.5 Å². The average Bonchev–Trinajstić information content (AvgIpc) is 2.82. The molecule has 2 aromatic heterocycles. The van der Waals surface area contributed by atoms with Gasteiger partial charge in [-0.15, -0.1) is 0 Å². The van der Waals surface area contributed by atoms with E-state index in [0.29, 0.717) is 6.04 Å². The summed E-state index contributed by atoms with van der Waals surface area (Å²) in [5.74, 6) is 1.18. The molecule has 1 aliphatic rings. The molecule has 1 N–H and O–H groups in total. The van der Waals surface area contributed by atoms with Crippen LogP contribution in [-0.2, 0) is 6.42 Å². The third-order valence-corrected chi connectivity index (χ3v) is 3.35. The molecular weight excluding hydrogens is 212 g/mol. The third kappa shape index (κ3) is 1.69. The molecule has 1 unspecified atom stereocenters. The second-order valence-electron chi connectivity index (χ2n) is 4.33. The van der Waals surface area contributed by atoms with Gasteiger partial charge in [0.25, 0.3) is 0 Å². The van der Waals surface area contributed by atoms with Crippen LogP contribution in [0.1, 0.15) is 30.5 Å². The maximum atomic E-state index is 4.52. The molecule has 0 saturated heterocycles. The van der Waals surface area contributed by atoms with Gasteiger partial charge in [0.2, 0.25) is 0 Å². The van der Waals surface area contributed by atoms with Crippen LogP contribution in [-0.4, -0.2) is 21.3 Å². The van der Waals surface area contributed by atoms with E-state index in [1.54, 1.807) is 0 Å². The van der Waals surface area contributed by atoms with Crippen LogP contribution in [0, 0.1) is 0 Å². The van der Waals surface area contributed by atoms with E-state index in [9.17, 15) is 0 Å². The normalized spacial score (nSPS) is 18.5. The number of aryl methyl sites for hydroxylation is 1. The minimum Gasteiger partial charge on any atom is -0.370 e. The van der Waals surface area contributed by atoms with Gasteiger partial charge in [-0.2, -0.15) is 5.10 Å². The fraction of sp³-hybridized carbons (Fsp3) is 0.385. The zero-order valence-corrected chi connectivity index (χ0v) is 9.93. The van der Waals surface area contributed by atoms with Gasteiger partial charge in [-0.1, -0.05) is 6.92 Å². The van der Waals surface area contributed by atoms with Crippen molar-refractivity contribution >= 4 is 5.82 Å². The van der Waals surface area contributed by atoms with Crippen LogP contribution in [0.2, 0.25) is 0 Å². The van der Waals surface area contributed by atoms with Crippen molar-refractivity contribution in [3.05, 3.63) is 41.9 Å². The summed E-state index contributed by atoms with van der Waals surface area (Å²) in [6.45, 7) is 3.17. The van der Waals surface area contributed by atoms with E-state index >= 15 is 0 Å². The standard InChI is InChI=1S/C13H16N4/c1-2-10-9-16-17-12(5-8-15-13(10)17)11-3-6-14-7-4-11/h3-4,6-7,9,12,15H,2,5,8H2,1H3. The lowest BCUT2D eigenvalue weighted by atomic mass is 10.0. The first kappa shape index (κ1) is 10.3. The summed E-state index contributed by atoms with van der Waals surface area (Å²) in [5, 5.41) is 7.97. The molecule has 4 nitrogen and oxygen atoms in total. The predicted octanol–water partition coefficient (Wildman–Crippen LogP) is 2.25. The van der Waals surface area contributed by atoms with Crippen molar-refractivity contribution in [2.75, 3.05) is 11.9 Å². The van der Waals surface area contributed by atoms with E-state index < -0.39 is 0 Å². The van der Waals surface area contributed by atoms with Crippen LogP contribution in [0.25, 0.3) is 0 Å². The van der Waals surface area contributed by atoms with Gasteiger partial charge in [0.1, 0.15) is 5.82 Å². The van der Waals surface area contributed by atoms with Gasteiger partial charge < -0.3 is 5.32 Å². The number of pyridine rings is 1. The molecule has 88 valence electrons. The van der Waals surface area contributed by atoms with E-state index in [1.165, 1.54) is 16.9 Å². The number of nitrogens with one attached hydrogen (secondary N) is 1. The Labute approximate surface area is 101 Å². The Morgan fingerprint density at radius 2 is 2.24 bits per heavy atom. The van der Waals surface area contributed by atoms with Crippen LogP contribution in [0.5, 0.6) is 0 Å². The van der Waals surface area contributed by atoms with E-state index in [-0.39, 0.29) is 0 Å². The molecule has 0 aromatic carbocycles. The number of anilines is 1. The molecule has 1 aliphatic heterocycles. The molecule has 3 heterocycles. The predicted molar refractivity (Wildman–Crippen MR) is 67.1 cm³/mol. The quantitative estimate of drug-likeness (QED) is 0.857. The van der Waals surface area contributed by atoms with E-state index in [2.05, 4.69) is 39.1 Å². The van der Waals surface area contributed by atoms with Crippen LogP contribution < -0.4 is 5.32 Å². The number of nitrogens with zero attached hydrogens (tertiary/aromatic N) is 3. The molecule has 1 atom stereocenters. The fourth-order valence-corrected chi connectivity index (χ4v) is 2.43. The minimum atomic E-state index is 0.342. The Hall–Kier alpha value is -1.84. The van der Waals surface area contributed by atoms with Crippen molar-refractivity contribution in [1.29, 1.82) is 0 Å². The smallest absolute Gasteiger partial charge is 0.128 e. The molecule has 0 radical (unpaired) electrons. The first-order chi connectivity index (χ1) is 8.40. The number of fused-ring (bicyclic) bond motifs is 1. The Morgan fingerprint density at radius 3 is 3.00 bits per heavy atom. The van der Waals surface area contributed by atoms with Gasteiger partial charge in [-0.05, 0) is 30.5 Å². The molecular formula is C13H16N4. The third-order valence-electron chi connectivity index (χ3n) is 3.35. The van der Waals surface area contributed by atoms with E-state index in [4.69, 9.17) is 0 Å². The molecule has 0 fully saturated rings. The topological polar surface area (TPSA) is 42.7 Å². The lowest BCUT2D eigenvalue weighted by Crippen LogP contribution is -2.24. The zero-order chi connectivity index (χ0) is 11.7. The van der Waals surface area contributed by atoms with Crippen LogP contribution in [0.3, 0.4) is 0 Å². The van der Waals surface area contributed by atoms with Gasteiger partial charge in [-0.25, -0.2) is 4.68 Å². The Bertz CT molecular complexity index is 503. The van der Waals surface area contributed by atoms with Crippen molar-refractivity contribution in [3.8, 4) is 0 Å². The number of hydrogen-bond acceptors (Lipinski definition) is 3. The molecule has 4 heteroatoms. The van der Waals surface area contributed by atoms with Crippen molar-refractivity contribution in [3.63, 3.8) is 0 Å². The molecule has 3 rings (SSSR count). The summed E-state index contributed by atoms with van der Waals surface area (Å²) in [5.41, 5.74) is 2.58. The Morgan fingerprint density at radius 1 is 1.41 bits per heavy atom. The van der Waals surface area contributed by atoms with Gasteiger partial charge in [0.05, 0.1) is 12.2 Å². The molecule has 0 aliphatic carbocycles. The Balaban J connectivity index is 2.03. The van der Waals surface area contributed by atoms with Crippen LogP contribution in [0.4, 0.5) is 5.82 Å². The second kappa shape index (κ2) is 4.20. The summed E-state index contributed by atoms with van der Waals surface area (Å²) < 4.78 is 2.11. The van der Waals surface area contributed by atoms with Gasteiger partial charge >= 0.3 is 0 Å².